The Hall–Kier alpha value is -1.60. The molecule has 102 valence electrons. The molecule has 0 atom stereocenters. The molecule has 1 heterocycles. The molecule has 0 radical (unpaired) electrons. The minimum absolute atomic E-state index is 0.00523. The molecule has 1 aliphatic heterocycles. The molecule has 0 fully saturated rings. The highest BCUT2D eigenvalue weighted by atomic mass is 16.5. The summed E-state index contributed by atoms with van der Waals surface area (Å²) in [7, 11) is 4.19. The van der Waals surface area contributed by atoms with Crippen LogP contribution < -0.4 is 0 Å². The quantitative estimate of drug-likeness (QED) is 0.646. The first-order valence-corrected chi connectivity index (χ1v) is 5.36. The smallest absolute Gasteiger partial charge is 0.339 e. The van der Waals surface area contributed by atoms with Gasteiger partial charge < -0.3 is 24.2 Å². The zero-order chi connectivity index (χ0) is 13.7. The third kappa shape index (κ3) is 2.80. The van der Waals surface area contributed by atoms with Crippen LogP contribution in [-0.2, 0) is 23.8 Å². The maximum atomic E-state index is 11.8. The summed E-state index contributed by atoms with van der Waals surface area (Å²) in [5.41, 5.74) is -0.0419. The highest BCUT2D eigenvalue weighted by molar-refractivity contribution is 6.05. The number of aliphatic hydroxyl groups is 1. The van der Waals surface area contributed by atoms with Gasteiger partial charge >= 0.3 is 5.97 Å². The molecule has 0 aliphatic carbocycles. The van der Waals surface area contributed by atoms with Gasteiger partial charge in [0.2, 0.25) is 0 Å². The number of aliphatic hydroxyl groups excluding tert-OH is 1. The molecule has 0 saturated carbocycles. The second-order valence-electron chi connectivity index (χ2n) is 3.82. The van der Waals surface area contributed by atoms with E-state index in [1.807, 2.05) is 0 Å². The Labute approximate surface area is 105 Å². The van der Waals surface area contributed by atoms with Crippen molar-refractivity contribution in [3.8, 4) is 0 Å². The molecule has 0 bridgehead atoms. The monoisotopic (exact) mass is 259 g/mol. The Morgan fingerprint density at radius 2 is 1.89 bits per heavy atom. The van der Waals surface area contributed by atoms with Crippen LogP contribution in [0.3, 0.4) is 0 Å². The first-order chi connectivity index (χ1) is 8.56. The van der Waals surface area contributed by atoms with E-state index in [1.165, 1.54) is 26.2 Å². The molecular weight excluding hydrogens is 242 g/mol. The average molecular weight is 259 g/mol. The van der Waals surface area contributed by atoms with Crippen LogP contribution in [0, 0.1) is 0 Å². The maximum absolute atomic E-state index is 11.8. The Morgan fingerprint density at radius 3 is 2.33 bits per heavy atom. The summed E-state index contributed by atoms with van der Waals surface area (Å²) in [6, 6.07) is -0.364. The van der Waals surface area contributed by atoms with E-state index in [-0.39, 0.29) is 31.4 Å². The highest BCUT2D eigenvalue weighted by Gasteiger charge is 2.38. The molecular formula is C11H17NO6. The fourth-order valence-electron chi connectivity index (χ4n) is 1.77. The summed E-state index contributed by atoms with van der Waals surface area (Å²) in [5, 5.41) is 9.62. The molecule has 0 aromatic carbocycles. The first-order valence-electron chi connectivity index (χ1n) is 5.36. The summed E-state index contributed by atoms with van der Waals surface area (Å²) < 4.78 is 14.5. The summed E-state index contributed by atoms with van der Waals surface area (Å²) in [5.74, 6) is -1.90. The largest absolute Gasteiger partial charge is 0.503 e. The molecule has 1 aliphatic rings. The van der Waals surface area contributed by atoms with Crippen molar-refractivity contribution in [3.63, 3.8) is 0 Å². The lowest BCUT2D eigenvalue weighted by atomic mass is 10.2. The number of carbonyl (C=O) groups excluding carboxylic acids is 2. The van der Waals surface area contributed by atoms with Gasteiger partial charge in [-0.3, -0.25) is 4.79 Å². The zero-order valence-electron chi connectivity index (χ0n) is 10.6. The van der Waals surface area contributed by atoms with Gasteiger partial charge in [-0.2, -0.15) is 0 Å². The van der Waals surface area contributed by atoms with Crippen molar-refractivity contribution in [2.24, 2.45) is 0 Å². The summed E-state index contributed by atoms with van der Waals surface area (Å²) in [6.45, 7) is 0.497. The van der Waals surface area contributed by atoms with E-state index in [1.54, 1.807) is 0 Å². The van der Waals surface area contributed by atoms with Crippen molar-refractivity contribution in [1.82, 2.24) is 4.90 Å². The van der Waals surface area contributed by atoms with Crippen LogP contribution in [0.15, 0.2) is 11.3 Å². The summed E-state index contributed by atoms with van der Waals surface area (Å²) >= 11 is 0. The topological polar surface area (TPSA) is 85.3 Å². The second kappa shape index (κ2) is 6.36. The fourth-order valence-corrected chi connectivity index (χ4v) is 1.77. The van der Waals surface area contributed by atoms with Crippen molar-refractivity contribution >= 4 is 11.9 Å². The summed E-state index contributed by atoms with van der Waals surface area (Å²) in [6.07, 6.45) is 0. The Balaban J connectivity index is 2.84. The van der Waals surface area contributed by atoms with E-state index in [4.69, 9.17) is 9.47 Å². The number of rotatable bonds is 6. The van der Waals surface area contributed by atoms with Crippen LogP contribution in [0.5, 0.6) is 0 Å². The summed E-state index contributed by atoms with van der Waals surface area (Å²) in [4.78, 5) is 24.5. The lowest BCUT2D eigenvalue weighted by Gasteiger charge is -2.26. The Morgan fingerprint density at radius 1 is 1.33 bits per heavy atom. The van der Waals surface area contributed by atoms with Crippen LogP contribution in [-0.4, -0.2) is 69.0 Å². The minimum atomic E-state index is -0.711. The fraction of sp³-hybridized carbons (Fsp3) is 0.636. The predicted octanol–water partition coefficient (Wildman–Crippen LogP) is -0.525. The van der Waals surface area contributed by atoms with Gasteiger partial charge in [0, 0.05) is 14.2 Å². The lowest BCUT2D eigenvalue weighted by molar-refractivity contribution is -0.136. The standard InChI is InChI=1S/C11H17NO6/c1-16-5-7(6-17-2)12-4-8(11(15)18-3)9(13)10(12)14/h7,13H,4-6H2,1-3H3. The Bertz CT molecular complexity index is 359. The van der Waals surface area contributed by atoms with Gasteiger partial charge in [0.15, 0.2) is 5.76 Å². The highest BCUT2D eigenvalue weighted by Crippen LogP contribution is 2.20. The van der Waals surface area contributed by atoms with Crippen LogP contribution in [0.25, 0.3) is 0 Å². The molecule has 0 aromatic heterocycles. The number of hydrogen-bond donors (Lipinski definition) is 1. The van der Waals surface area contributed by atoms with Gasteiger partial charge in [-0.1, -0.05) is 0 Å². The Kier molecular flexibility index (Phi) is 5.11. The van der Waals surface area contributed by atoms with Crippen molar-refractivity contribution in [2.45, 2.75) is 6.04 Å². The molecule has 7 nitrogen and oxygen atoms in total. The normalized spacial score (nSPS) is 15.8. The number of amides is 1. The van der Waals surface area contributed by atoms with Crippen molar-refractivity contribution in [1.29, 1.82) is 0 Å². The van der Waals surface area contributed by atoms with E-state index in [0.717, 1.165) is 0 Å². The van der Waals surface area contributed by atoms with Crippen molar-refractivity contribution < 1.29 is 28.9 Å². The van der Waals surface area contributed by atoms with Gasteiger partial charge in [-0.05, 0) is 0 Å². The number of nitrogens with zero attached hydrogens (tertiary/aromatic N) is 1. The van der Waals surface area contributed by atoms with Gasteiger partial charge in [-0.25, -0.2) is 4.79 Å². The molecule has 1 N–H and O–H groups in total. The van der Waals surface area contributed by atoms with E-state index in [0.29, 0.717) is 0 Å². The van der Waals surface area contributed by atoms with E-state index in [9.17, 15) is 14.7 Å². The van der Waals surface area contributed by atoms with Gasteiger partial charge in [0.25, 0.3) is 5.91 Å². The predicted molar refractivity (Wildman–Crippen MR) is 60.9 cm³/mol. The SMILES string of the molecule is COCC(COC)N1CC(C(=O)OC)=C(O)C1=O. The number of methoxy groups -OCH3 is 3. The number of esters is 1. The van der Waals surface area contributed by atoms with Crippen LogP contribution >= 0.6 is 0 Å². The lowest BCUT2D eigenvalue weighted by Crippen LogP contribution is -2.43. The first kappa shape index (κ1) is 14.5. The molecule has 18 heavy (non-hydrogen) atoms. The van der Waals surface area contributed by atoms with Gasteiger partial charge in [0.1, 0.15) is 5.57 Å². The maximum Gasteiger partial charge on any atom is 0.339 e. The number of ether oxygens (including phenoxy) is 3. The molecule has 0 unspecified atom stereocenters. The molecule has 1 rings (SSSR count). The van der Waals surface area contributed by atoms with Crippen molar-refractivity contribution in [3.05, 3.63) is 11.3 Å². The zero-order valence-corrected chi connectivity index (χ0v) is 10.6. The van der Waals surface area contributed by atoms with Gasteiger partial charge in [-0.15, -0.1) is 0 Å². The minimum Gasteiger partial charge on any atom is -0.503 e. The molecule has 1 amide bonds. The van der Waals surface area contributed by atoms with E-state index >= 15 is 0 Å². The average Bonchev–Trinajstić information content (AvgIpc) is 2.65. The van der Waals surface area contributed by atoms with Crippen LogP contribution in [0.4, 0.5) is 0 Å². The number of carbonyl (C=O) groups is 2. The van der Waals surface area contributed by atoms with E-state index < -0.39 is 17.6 Å². The molecule has 0 aromatic rings. The van der Waals surface area contributed by atoms with Gasteiger partial charge in [0.05, 0.1) is 32.9 Å². The van der Waals surface area contributed by atoms with Crippen LogP contribution in [0.1, 0.15) is 0 Å². The third-order valence-electron chi connectivity index (χ3n) is 2.67. The molecule has 7 heteroatoms. The van der Waals surface area contributed by atoms with Crippen LogP contribution in [0.2, 0.25) is 0 Å². The molecule has 0 saturated heterocycles. The second-order valence-corrected chi connectivity index (χ2v) is 3.82. The molecule has 0 spiro atoms. The third-order valence-corrected chi connectivity index (χ3v) is 2.67. The number of hydrogen-bond acceptors (Lipinski definition) is 6. The van der Waals surface area contributed by atoms with E-state index in [2.05, 4.69) is 4.74 Å². The van der Waals surface area contributed by atoms with Crippen molar-refractivity contribution in [2.75, 3.05) is 41.1 Å².